The summed E-state index contributed by atoms with van der Waals surface area (Å²) < 4.78 is 5.66. The first-order chi connectivity index (χ1) is 14.1. The monoisotopic (exact) mass is 396 g/mol. The number of rotatable bonds is 5. The van der Waals surface area contributed by atoms with Gasteiger partial charge in [0.1, 0.15) is 5.82 Å². The van der Waals surface area contributed by atoms with Crippen LogP contribution < -0.4 is 0 Å². The molecule has 1 aliphatic heterocycles. The molecule has 0 spiro atoms. The van der Waals surface area contributed by atoms with Gasteiger partial charge in [0.2, 0.25) is 5.91 Å². The summed E-state index contributed by atoms with van der Waals surface area (Å²) in [6.45, 7) is 6.92. The molecule has 156 valence electrons. The highest BCUT2D eigenvalue weighted by atomic mass is 16.5. The van der Waals surface area contributed by atoms with E-state index < -0.39 is 0 Å². The number of aromatic nitrogens is 3. The molecular weight excluding hydrogens is 364 g/mol. The maximum atomic E-state index is 13.4. The van der Waals surface area contributed by atoms with E-state index in [1.165, 1.54) is 19.3 Å². The predicted molar refractivity (Wildman–Crippen MR) is 111 cm³/mol. The van der Waals surface area contributed by atoms with E-state index >= 15 is 0 Å². The predicted octanol–water partition coefficient (Wildman–Crippen LogP) is 4.94. The van der Waals surface area contributed by atoms with Crippen LogP contribution in [0.15, 0.2) is 10.7 Å². The minimum absolute atomic E-state index is 0.00263. The number of hydrogen-bond donors (Lipinski definition) is 0. The van der Waals surface area contributed by atoms with Crippen LogP contribution in [0.3, 0.4) is 0 Å². The molecular formula is C23H32N4O2. The quantitative estimate of drug-likeness (QED) is 0.715. The molecule has 2 fully saturated rings. The number of nitrogens with zero attached hydrogens (tertiary/aromatic N) is 4. The van der Waals surface area contributed by atoms with Gasteiger partial charge in [-0.25, -0.2) is 9.97 Å². The minimum Gasteiger partial charge on any atom is -0.356 e. The molecule has 29 heavy (non-hydrogen) atoms. The lowest BCUT2D eigenvalue weighted by Gasteiger charge is -2.31. The summed E-state index contributed by atoms with van der Waals surface area (Å²) in [4.78, 5) is 25.0. The van der Waals surface area contributed by atoms with Crippen molar-refractivity contribution < 1.29 is 9.32 Å². The maximum absolute atomic E-state index is 13.4. The largest absolute Gasteiger partial charge is 0.356 e. The van der Waals surface area contributed by atoms with Gasteiger partial charge < -0.3 is 9.42 Å². The average Bonchev–Trinajstić information content (AvgIpc) is 3.36. The van der Waals surface area contributed by atoms with E-state index in [9.17, 15) is 4.79 Å². The number of amides is 1. The molecule has 2 aliphatic rings. The second-order valence-electron chi connectivity index (χ2n) is 8.58. The van der Waals surface area contributed by atoms with Crippen LogP contribution >= 0.6 is 0 Å². The summed E-state index contributed by atoms with van der Waals surface area (Å²) in [6, 6.07) is 0.00263. The van der Waals surface area contributed by atoms with Crippen LogP contribution in [-0.2, 0) is 11.2 Å². The third-order valence-corrected chi connectivity index (χ3v) is 6.55. The Balaban J connectivity index is 1.72. The fourth-order valence-corrected chi connectivity index (χ4v) is 4.77. The smallest absolute Gasteiger partial charge is 0.226 e. The van der Waals surface area contributed by atoms with Crippen molar-refractivity contribution in [2.45, 2.75) is 84.6 Å². The fraction of sp³-hybridized carbons (Fsp3) is 0.652. The van der Waals surface area contributed by atoms with Crippen LogP contribution in [0.25, 0.3) is 11.3 Å². The normalized spacial score (nSPS) is 20.4. The van der Waals surface area contributed by atoms with Gasteiger partial charge in [-0.2, -0.15) is 0 Å². The summed E-state index contributed by atoms with van der Waals surface area (Å²) >= 11 is 0. The van der Waals surface area contributed by atoms with Crippen LogP contribution in [0.1, 0.15) is 87.1 Å². The first-order valence-electron chi connectivity index (χ1n) is 11.2. The first-order valence-corrected chi connectivity index (χ1v) is 11.2. The zero-order chi connectivity index (χ0) is 20.4. The third-order valence-electron chi connectivity index (χ3n) is 6.55. The SMILES string of the molecule is CCCc1ncc(-c2onc(C)c2C)c([C@H]2CCCN2C(=O)C2CCCCC2)n1. The second kappa shape index (κ2) is 8.64. The highest BCUT2D eigenvalue weighted by Gasteiger charge is 2.37. The van der Waals surface area contributed by atoms with E-state index in [4.69, 9.17) is 9.51 Å². The van der Waals surface area contributed by atoms with Gasteiger partial charge in [0.25, 0.3) is 0 Å². The number of hydrogen-bond acceptors (Lipinski definition) is 5. The molecule has 1 atom stereocenters. The van der Waals surface area contributed by atoms with Crippen molar-refractivity contribution in [2.75, 3.05) is 6.54 Å². The molecule has 3 heterocycles. The standard InChI is InChI=1S/C23H32N4O2/c1-4-9-20-24-14-18(22-15(2)16(3)26-29-22)21(25-20)19-12-8-13-27(19)23(28)17-10-6-5-7-11-17/h14,17,19H,4-13H2,1-3H3/t19-/m1/s1. The van der Waals surface area contributed by atoms with Crippen molar-refractivity contribution in [3.05, 3.63) is 29.0 Å². The third kappa shape index (κ3) is 3.94. The Hall–Kier alpha value is -2.24. The summed E-state index contributed by atoms with van der Waals surface area (Å²) in [7, 11) is 0. The van der Waals surface area contributed by atoms with Crippen molar-refractivity contribution >= 4 is 5.91 Å². The molecule has 1 aliphatic carbocycles. The minimum atomic E-state index is 0.00263. The summed E-state index contributed by atoms with van der Waals surface area (Å²) in [5, 5.41) is 4.14. The molecule has 0 radical (unpaired) electrons. The van der Waals surface area contributed by atoms with Crippen LogP contribution in [0, 0.1) is 19.8 Å². The van der Waals surface area contributed by atoms with Crippen molar-refractivity contribution in [1.82, 2.24) is 20.0 Å². The number of carbonyl (C=O) groups is 1. The number of carbonyl (C=O) groups excluding carboxylic acids is 1. The van der Waals surface area contributed by atoms with Gasteiger partial charge in [-0.05, 0) is 46.0 Å². The highest BCUT2D eigenvalue weighted by molar-refractivity contribution is 5.80. The van der Waals surface area contributed by atoms with Gasteiger partial charge in [0, 0.05) is 30.6 Å². The lowest BCUT2D eigenvalue weighted by Crippen LogP contribution is -2.37. The zero-order valence-electron chi connectivity index (χ0n) is 17.9. The molecule has 0 N–H and O–H groups in total. The Kier molecular flexibility index (Phi) is 5.97. The van der Waals surface area contributed by atoms with Gasteiger partial charge in [0.05, 0.1) is 23.0 Å². The van der Waals surface area contributed by atoms with Crippen LogP contribution in [0.4, 0.5) is 0 Å². The molecule has 1 saturated heterocycles. The van der Waals surface area contributed by atoms with E-state index in [1.807, 2.05) is 20.0 Å². The lowest BCUT2D eigenvalue weighted by molar-refractivity contribution is -0.137. The molecule has 2 aromatic heterocycles. The molecule has 6 nitrogen and oxygen atoms in total. The van der Waals surface area contributed by atoms with E-state index in [0.717, 1.165) is 79.2 Å². The molecule has 0 bridgehead atoms. The molecule has 6 heteroatoms. The molecule has 4 rings (SSSR count). The van der Waals surface area contributed by atoms with E-state index in [-0.39, 0.29) is 12.0 Å². The molecule has 1 amide bonds. The Morgan fingerprint density at radius 3 is 2.66 bits per heavy atom. The van der Waals surface area contributed by atoms with Crippen molar-refractivity contribution in [3.8, 4) is 11.3 Å². The van der Waals surface area contributed by atoms with Gasteiger partial charge in [0.15, 0.2) is 5.76 Å². The fourth-order valence-electron chi connectivity index (χ4n) is 4.77. The Bertz CT molecular complexity index is 870. The Morgan fingerprint density at radius 1 is 1.17 bits per heavy atom. The van der Waals surface area contributed by atoms with E-state index in [0.29, 0.717) is 5.91 Å². The van der Waals surface area contributed by atoms with Crippen molar-refractivity contribution in [3.63, 3.8) is 0 Å². The van der Waals surface area contributed by atoms with E-state index in [1.54, 1.807) is 0 Å². The highest BCUT2D eigenvalue weighted by Crippen LogP contribution is 2.39. The summed E-state index contributed by atoms with van der Waals surface area (Å²) in [5.41, 5.74) is 3.71. The van der Waals surface area contributed by atoms with Crippen LogP contribution in [0.2, 0.25) is 0 Å². The van der Waals surface area contributed by atoms with Crippen molar-refractivity contribution in [1.29, 1.82) is 0 Å². The van der Waals surface area contributed by atoms with Gasteiger partial charge in [-0.1, -0.05) is 31.3 Å². The molecule has 2 aromatic rings. The van der Waals surface area contributed by atoms with E-state index in [2.05, 4.69) is 22.0 Å². The zero-order valence-corrected chi connectivity index (χ0v) is 17.9. The molecule has 0 unspecified atom stereocenters. The van der Waals surface area contributed by atoms with Gasteiger partial charge >= 0.3 is 0 Å². The van der Waals surface area contributed by atoms with Crippen LogP contribution in [0.5, 0.6) is 0 Å². The topological polar surface area (TPSA) is 72.1 Å². The molecule has 1 saturated carbocycles. The maximum Gasteiger partial charge on any atom is 0.226 e. The average molecular weight is 397 g/mol. The number of aryl methyl sites for hydroxylation is 2. The Labute approximate surface area is 173 Å². The lowest BCUT2D eigenvalue weighted by atomic mass is 9.88. The van der Waals surface area contributed by atoms with Crippen LogP contribution in [-0.4, -0.2) is 32.5 Å². The summed E-state index contributed by atoms with van der Waals surface area (Å²) in [6.07, 6.45) is 11.3. The second-order valence-corrected chi connectivity index (χ2v) is 8.58. The first kappa shape index (κ1) is 20.0. The van der Waals surface area contributed by atoms with Crippen molar-refractivity contribution in [2.24, 2.45) is 5.92 Å². The Morgan fingerprint density at radius 2 is 1.97 bits per heavy atom. The summed E-state index contributed by atoms with van der Waals surface area (Å²) in [5.74, 6) is 2.08. The van der Waals surface area contributed by atoms with Gasteiger partial charge in [-0.3, -0.25) is 4.79 Å². The van der Waals surface area contributed by atoms with Gasteiger partial charge in [-0.15, -0.1) is 0 Å². The number of likely N-dealkylation sites (tertiary alicyclic amines) is 1. The molecule has 0 aromatic carbocycles.